The number of benzene rings is 2. The predicted octanol–water partition coefficient (Wildman–Crippen LogP) is 2.26. The lowest BCUT2D eigenvalue weighted by Crippen LogP contribution is -3.13. The molecule has 3 aromatic rings. The topological polar surface area (TPSA) is 81.0 Å². The van der Waals surface area contributed by atoms with Crippen molar-refractivity contribution in [3.05, 3.63) is 79.7 Å². The first-order valence-electron chi connectivity index (χ1n) is 9.04. The van der Waals surface area contributed by atoms with Crippen molar-refractivity contribution < 1.29 is 14.2 Å². The molecule has 1 N–H and O–H groups in total. The van der Waals surface area contributed by atoms with E-state index in [2.05, 4.69) is 4.90 Å². The third-order valence-electron chi connectivity index (χ3n) is 5.14. The van der Waals surface area contributed by atoms with E-state index in [1.165, 1.54) is 17.0 Å². The van der Waals surface area contributed by atoms with E-state index in [1.807, 2.05) is 0 Å². The molecule has 1 aliphatic heterocycles. The number of nitrogens with zero attached hydrogens (tertiary/aromatic N) is 2. The molecule has 0 unspecified atom stereocenters. The van der Waals surface area contributed by atoms with Gasteiger partial charge >= 0.3 is 0 Å². The fourth-order valence-corrected chi connectivity index (χ4v) is 3.75. The van der Waals surface area contributed by atoms with E-state index in [9.17, 15) is 14.9 Å². The molecular formula is C20H19ClN3O4+. The van der Waals surface area contributed by atoms with Gasteiger partial charge in [-0.2, -0.15) is 0 Å². The molecular weight excluding hydrogens is 382 g/mol. The van der Waals surface area contributed by atoms with E-state index < -0.39 is 4.92 Å². The number of nitrogens with one attached hydrogen (secondary N) is 1. The maximum absolute atomic E-state index is 12.7. The van der Waals surface area contributed by atoms with Gasteiger partial charge in [0.15, 0.2) is 0 Å². The summed E-state index contributed by atoms with van der Waals surface area (Å²) in [6.07, 6.45) is 1.55. The first-order chi connectivity index (χ1) is 13.5. The van der Waals surface area contributed by atoms with Gasteiger partial charge in [-0.15, -0.1) is 0 Å². The highest BCUT2D eigenvalue weighted by Gasteiger charge is 2.22. The Labute approximate surface area is 165 Å². The van der Waals surface area contributed by atoms with Crippen LogP contribution in [0.5, 0.6) is 0 Å². The van der Waals surface area contributed by atoms with Crippen LogP contribution in [0.1, 0.15) is 5.56 Å². The van der Waals surface area contributed by atoms with Gasteiger partial charge in [-0.3, -0.25) is 14.9 Å². The standard InChI is InChI=1S/C20H18ClN3O4/c21-15-1-6-19-18(11-15)20(25)14(13-28-19)12-22-7-9-23(10-8-22)16-2-4-17(5-3-16)24(26)27/h1-6,11,13H,7-10,12H2/p+1. The van der Waals surface area contributed by atoms with Gasteiger partial charge in [0.05, 0.1) is 42.1 Å². The summed E-state index contributed by atoms with van der Waals surface area (Å²) in [5.41, 5.74) is 2.22. The lowest BCUT2D eigenvalue weighted by Gasteiger charge is -2.33. The van der Waals surface area contributed by atoms with Gasteiger partial charge in [0.1, 0.15) is 18.4 Å². The fourth-order valence-electron chi connectivity index (χ4n) is 3.58. The fraction of sp³-hybridized carbons (Fsp3) is 0.250. The number of halogens is 1. The van der Waals surface area contributed by atoms with Gasteiger partial charge in [-0.1, -0.05) is 11.6 Å². The van der Waals surface area contributed by atoms with Crippen molar-refractivity contribution in [3.8, 4) is 0 Å². The summed E-state index contributed by atoms with van der Waals surface area (Å²) in [5, 5.41) is 11.8. The van der Waals surface area contributed by atoms with Crippen molar-refractivity contribution in [2.45, 2.75) is 6.54 Å². The summed E-state index contributed by atoms with van der Waals surface area (Å²) in [6, 6.07) is 11.7. The molecule has 0 bridgehead atoms. The molecule has 0 aliphatic carbocycles. The molecule has 0 amide bonds. The SMILES string of the molecule is O=c1c(C[NH+]2CCN(c3ccc([N+](=O)[O-])cc3)CC2)coc2ccc(Cl)cc12. The lowest BCUT2D eigenvalue weighted by molar-refractivity contribution is -0.914. The molecule has 1 aromatic heterocycles. The molecule has 1 aliphatic rings. The Morgan fingerprint density at radius 1 is 1.14 bits per heavy atom. The molecule has 1 saturated heterocycles. The number of fused-ring (bicyclic) bond motifs is 1. The minimum absolute atomic E-state index is 0.0333. The Hall–Kier alpha value is -2.90. The van der Waals surface area contributed by atoms with Crippen LogP contribution in [0.4, 0.5) is 11.4 Å². The van der Waals surface area contributed by atoms with Gasteiger partial charge in [0.25, 0.3) is 5.69 Å². The molecule has 2 aromatic carbocycles. The third-order valence-corrected chi connectivity index (χ3v) is 5.38. The Kier molecular flexibility index (Phi) is 5.02. The number of piperazine rings is 1. The van der Waals surface area contributed by atoms with Crippen molar-refractivity contribution in [3.63, 3.8) is 0 Å². The molecule has 7 nitrogen and oxygen atoms in total. The summed E-state index contributed by atoms with van der Waals surface area (Å²) in [7, 11) is 0. The molecule has 144 valence electrons. The van der Waals surface area contributed by atoms with Crippen LogP contribution in [0.2, 0.25) is 5.02 Å². The Morgan fingerprint density at radius 3 is 2.54 bits per heavy atom. The van der Waals surface area contributed by atoms with Crippen LogP contribution in [0.15, 0.2) is 57.9 Å². The maximum Gasteiger partial charge on any atom is 0.269 e. The molecule has 0 atom stereocenters. The second kappa shape index (κ2) is 7.61. The Bertz CT molecular complexity index is 1070. The molecule has 8 heteroatoms. The van der Waals surface area contributed by atoms with E-state index in [0.717, 1.165) is 31.9 Å². The highest BCUT2D eigenvalue weighted by Crippen LogP contribution is 2.19. The average Bonchev–Trinajstić information content (AvgIpc) is 2.71. The molecule has 0 saturated carbocycles. The predicted molar refractivity (Wildman–Crippen MR) is 107 cm³/mol. The highest BCUT2D eigenvalue weighted by molar-refractivity contribution is 6.31. The third kappa shape index (κ3) is 3.72. The second-order valence-electron chi connectivity index (χ2n) is 6.92. The number of hydrogen-bond donors (Lipinski definition) is 1. The lowest BCUT2D eigenvalue weighted by atomic mass is 10.1. The quantitative estimate of drug-likeness (QED) is 0.536. The van der Waals surface area contributed by atoms with Crippen molar-refractivity contribution in [2.75, 3.05) is 31.1 Å². The zero-order valence-electron chi connectivity index (χ0n) is 15.1. The van der Waals surface area contributed by atoms with Crippen molar-refractivity contribution in [1.29, 1.82) is 0 Å². The molecule has 0 radical (unpaired) electrons. The van der Waals surface area contributed by atoms with Crippen LogP contribution in [0.25, 0.3) is 11.0 Å². The maximum atomic E-state index is 12.7. The summed E-state index contributed by atoms with van der Waals surface area (Å²) >= 11 is 6.01. The zero-order valence-corrected chi connectivity index (χ0v) is 15.8. The summed E-state index contributed by atoms with van der Waals surface area (Å²) in [6.45, 7) is 3.96. The van der Waals surface area contributed by atoms with Gasteiger partial charge in [-0.05, 0) is 30.3 Å². The number of anilines is 1. The number of hydrogen-bond acceptors (Lipinski definition) is 5. The summed E-state index contributed by atoms with van der Waals surface area (Å²) in [4.78, 5) is 26.6. The molecule has 1 fully saturated rings. The van der Waals surface area contributed by atoms with Gasteiger partial charge in [-0.25, -0.2) is 0 Å². The number of nitro benzene ring substituents is 1. The smallest absolute Gasteiger partial charge is 0.269 e. The van der Waals surface area contributed by atoms with Crippen LogP contribution in [0.3, 0.4) is 0 Å². The monoisotopic (exact) mass is 400 g/mol. The number of nitro groups is 1. The van der Waals surface area contributed by atoms with Crippen LogP contribution >= 0.6 is 11.6 Å². The van der Waals surface area contributed by atoms with Crippen LogP contribution in [0, 0.1) is 10.1 Å². The molecule has 28 heavy (non-hydrogen) atoms. The minimum atomic E-state index is -0.395. The van der Waals surface area contributed by atoms with E-state index in [4.69, 9.17) is 16.0 Å². The number of quaternary nitrogens is 1. The number of rotatable bonds is 4. The van der Waals surface area contributed by atoms with Crippen LogP contribution in [-0.4, -0.2) is 31.1 Å². The Balaban J connectivity index is 1.43. The van der Waals surface area contributed by atoms with Crippen LogP contribution < -0.4 is 15.2 Å². The summed E-state index contributed by atoms with van der Waals surface area (Å²) < 4.78 is 5.60. The number of non-ortho nitro benzene ring substituents is 1. The van der Waals surface area contributed by atoms with Crippen molar-refractivity contribution in [2.24, 2.45) is 0 Å². The normalized spacial score (nSPS) is 15.1. The van der Waals surface area contributed by atoms with E-state index in [-0.39, 0.29) is 11.1 Å². The molecule has 2 heterocycles. The van der Waals surface area contributed by atoms with E-state index >= 15 is 0 Å². The van der Waals surface area contributed by atoms with Gasteiger partial charge in [0.2, 0.25) is 5.43 Å². The van der Waals surface area contributed by atoms with Gasteiger partial charge in [0, 0.05) is 22.8 Å². The van der Waals surface area contributed by atoms with Gasteiger partial charge < -0.3 is 14.2 Å². The van der Waals surface area contributed by atoms with Crippen LogP contribution in [-0.2, 0) is 6.54 Å². The largest absolute Gasteiger partial charge is 0.464 e. The van der Waals surface area contributed by atoms with Crippen molar-refractivity contribution in [1.82, 2.24) is 0 Å². The molecule has 0 spiro atoms. The first-order valence-corrected chi connectivity index (χ1v) is 9.42. The Morgan fingerprint density at radius 2 is 1.86 bits per heavy atom. The average molecular weight is 401 g/mol. The van der Waals surface area contributed by atoms with Crippen molar-refractivity contribution >= 4 is 33.9 Å². The molecule has 4 rings (SSSR count). The second-order valence-corrected chi connectivity index (χ2v) is 7.35. The zero-order chi connectivity index (χ0) is 19.7. The summed E-state index contributed by atoms with van der Waals surface area (Å²) in [5.74, 6) is 0. The first kappa shape index (κ1) is 18.5. The van der Waals surface area contributed by atoms with E-state index in [1.54, 1.807) is 36.6 Å². The highest BCUT2D eigenvalue weighted by atomic mass is 35.5. The minimum Gasteiger partial charge on any atom is -0.464 e. The van der Waals surface area contributed by atoms with E-state index in [0.29, 0.717) is 28.1 Å².